The van der Waals surface area contributed by atoms with Crippen LogP contribution in [0.5, 0.6) is 17.2 Å². The lowest BCUT2D eigenvalue weighted by atomic mass is 9.59. The predicted octanol–water partition coefficient (Wildman–Crippen LogP) is 8.70. The van der Waals surface area contributed by atoms with E-state index in [4.69, 9.17) is 30.5 Å². The molecule has 8 rings (SSSR count). The van der Waals surface area contributed by atoms with Crippen molar-refractivity contribution in [2.75, 3.05) is 51.9 Å². The third kappa shape index (κ3) is 7.78. The van der Waals surface area contributed by atoms with Crippen LogP contribution < -0.4 is 19.5 Å². The number of hydrogen-bond donors (Lipinski definition) is 2. The van der Waals surface area contributed by atoms with E-state index in [1.165, 1.54) is 48.1 Å². The Morgan fingerprint density at radius 3 is 2.65 bits per heavy atom. The number of aryl methyl sites for hydroxylation is 1. The molecule has 2 fully saturated rings. The average molecular weight is 772 g/mol. The summed E-state index contributed by atoms with van der Waals surface area (Å²) in [5, 5.41) is 14.7. The van der Waals surface area contributed by atoms with Gasteiger partial charge in [-0.25, -0.2) is 4.79 Å². The summed E-state index contributed by atoms with van der Waals surface area (Å²) in [5.74, 6) is 3.16. The third-order valence-corrected chi connectivity index (χ3v) is 13.9. The van der Waals surface area contributed by atoms with Gasteiger partial charge in [-0.3, -0.25) is 9.88 Å². The van der Waals surface area contributed by atoms with Gasteiger partial charge in [0, 0.05) is 53.8 Å². The summed E-state index contributed by atoms with van der Waals surface area (Å²) in [4.78, 5) is 20.3. The van der Waals surface area contributed by atoms with Crippen molar-refractivity contribution in [1.29, 1.82) is 0 Å². The summed E-state index contributed by atoms with van der Waals surface area (Å²) >= 11 is 6.33. The Kier molecular flexibility index (Phi) is 11.3. The van der Waals surface area contributed by atoms with Crippen molar-refractivity contribution >= 4 is 23.3 Å². The molecule has 1 saturated heterocycles. The number of benzene rings is 2. The van der Waals surface area contributed by atoms with Crippen molar-refractivity contribution in [2.45, 2.75) is 107 Å². The molecular formula is C45H58ClN3O6. The van der Waals surface area contributed by atoms with Crippen LogP contribution in [0.2, 0.25) is 5.02 Å². The van der Waals surface area contributed by atoms with Gasteiger partial charge in [0.25, 0.3) is 0 Å². The summed E-state index contributed by atoms with van der Waals surface area (Å²) in [6, 6.07) is 14.4. The fraction of sp³-hybridized carbons (Fsp3) is 0.600. The highest BCUT2D eigenvalue weighted by Gasteiger charge is 2.54. The van der Waals surface area contributed by atoms with Crippen LogP contribution in [0.4, 0.5) is 5.69 Å². The highest BCUT2D eigenvalue weighted by molar-refractivity contribution is 6.30. The molecule has 2 N–H and O–H groups in total. The van der Waals surface area contributed by atoms with Crippen LogP contribution in [0.1, 0.15) is 99.9 Å². The number of anilines is 1. The van der Waals surface area contributed by atoms with Crippen LogP contribution >= 0.6 is 11.6 Å². The van der Waals surface area contributed by atoms with Gasteiger partial charge < -0.3 is 29.4 Å². The average Bonchev–Trinajstić information content (AvgIpc) is 3.65. The summed E-state index contributed by atoms with van der Waals surface area (Å²) in [7, 11) is 1.79. The number of halogens is 1. The minimum absolute atomic E-state index is 0.185. The molecule has 3 aliphatic carbocycles. The number of methoxy groups -OCH3 is 1. The van der Waals surface area contributed by atoms with Gasteiger partial charge >= 0.3 is 5.97 Å². The molecular weight excluding hydrogens is 714 g/mol. The molecule has 3 heterocycles. The van der Waals surface area contributed by atoms with Crippen molar-refractivity contribution < 1.29 is 28.8 Å². The highest BCUT2D eigenvalue weighted by Crippen LogP contribution is 2.58. The molecule has 3 aromatic rings. The summed E-state index contributed by atoms with van der Waals surface area (Å²) in [5.41, 5.74) is 4.56. The Labute approximate surface area is 331 Å². The smallest absolute Gasteiger partial charge is 0.329 e. The van der Waals surface area contributed by atoms with Crippen LogP contribution in [-0.2, 0) is 27.8 Å². The molecule has 2 aliphatic heterocycles. The Morgan fingerprint density at radius 1 is 1.09 bits per heavy atom. The predicted molar refractivity (Wildman–Crippen MR) is 215 cm³/mol. The Balaban J connectivity index is 1.03. The van der Waals surface area contributed by atoms with E-state index in [-0.39, 0.29) is 11.3 Å². The van der Waals surface area contributed by atoms with Gasteiger partial charge in [0.15, 0.2) is 11.5 Å². The van der Waals surface area contributed by atoms with E-state index in [1.807, 2.05) is 36.5 Å². The maximum absolute atomic E-state index is 13.1. The topological polar surface area (TPSA) is 102 Å². The van der Waals surface area contributed by atoms with Crippen molar-refractivity contribution in [2.24, 2.45) is 17.8 Å². The van der Waals surface area contributed by atoms with Crippen LogP contribution in [0, 0.1) is 17.8 Å². The summed E-state index contributed by atoms with van der Waals surface area (Å²) in [6.07, 6.45) is 12.1. The van der Waals surface area contributed by atoms with E-state index in [1.54, 1.807) is 7.11 Å². The first-order valence-electron chi connectivity index (χ1n) is 20.7. The molecule has 5 aliphatic rings. The molecule has 55 heavy (non-hydrogen) atoms. The van der Waals surface area contributed by atoms with Crippen LogP contribution in [-0.4, -0.2) is 79.2 Å². The van der Waals surface area contributed by atoms with Crippen molar-refractivity contribution in [3.8, 4) is 17.2 Å². The SMILES string of the molecule is COC[C@@H]1CCCN1CC1COc2cc3c(cc2OC1)C1(CCC(Nc2cccc(Cl)c2)(C(=O)O)CC1)[C@@H](C[C@@H](C)COc1ccnc2c1[C@H](C)CCC2)C3. The van der Waals surface area contributed by atoms with Gasteiger partial charge in [-0.05, 0) is 148 Å². The zero-order valence-electron chi connectivity index (χ0n) is 32.8. The lowest BCUT2D eigenvalue weighted by molar-refractivity contribution is -0.144. The number of fused-ring (bicyclic) bond motifs is 4. The largest absolute Gasteiger partial charge is 0.493 e. The second-order valence-electron chi connectivity index (χ2n) is 17.4. The van der Waals surface area contributed by atoms with Crippen molar-refractivity contribution in [3.05, 3.63) is 76.1 Å². The van der Waals surface area contributed by atoms with Crippen molar-refractivity contribution in [3.63, 3.8) is 0 Å². The van der Waals surface area contributed by atoms with Gasteiger partial charge in [-0.1, -0.05) is 31.5 Å². The van der Waals surface area contributed by atoms with Crippen molar-refractivity contribution in [1.82, 2.24) is 9.88 Å². The molecule has 9 nitrogen and oxygen atoms in total. The van der Waals surface area contributed by atoms with Gasteiger partial charge in [0.1, 0.15) is 11.3 Å². The van der Waals surface area contributed by atoms with Gasteiger partial charge in [-0.2, -0.15) is 0 Å². The van der Waals surface area contributed by atoms with E-state index < -0.39 is 11.5 Å². The molecule has 0 amide bonds. The van der Waals surface area contributed by atoms with E-state index >= 15 is 0 Å². The van der Waals surface area contributed by atoms with E-state index in [9.17, 15) is 9.90 Å². The lowest BCUT2D eigenvalue weighted by Crippen LogP contribution is -2.53. The first-order chi connectivity index (χ1) is 26.7. The zero-order chi connectivity index (χ0) is 38.2. The molecule has 1 unspecified atom stereocenters. The Hall–Kier alpha value is -3.53. The first kappa shape index (κ1) is 38.3. The van der Waals surface area contributed by atoms with Crippen LogP contribution in [0.25, 0.3) is 0 Å². The number of carboxylic acid groups (broad SMARTS) is 1. The van der Waals surface area contributed by atoms with Gasteiger partial charge in [-0.15, -0.1) is 0 Å². The number of nitrogens with one attached hydrogen (secondary N) is 1. The molecule has 1 spiro atoms. The second-order valence-corrected chi connectivity index (χ2v) is 17.8. The molecule has 1 aromatic heterocycles. The fourth-order valence-electron chi connectivity index (χ4n) is 10.8. The molecule has 2 aromatic carbocycles. The zero-order valence-corrected chi connectivity index (χ0v) is 33.5. The van der Waals surface area contributed by atoms with Crippen LogP contribution in [0.15, 0.2) is 48.7 Å². The maximum atomic E-state index is 13.1. The monoisotopic (exact) mass is 771 g/mol. The number of rotatable bonds is 12. The van der Waals surface area contributed by atoms with Gasteiger partial charge in [0.2, 0.25) is 0 Å². The number of hydrogen-bond acceptors (Lipinski definition) is 8. The van der Waals surface area contributed by atoms with E-state index in [2.05, 4.69) is 41.2 Å². The van der Waals surface area contributed by atoms with Gasteiger partial charge in [0.05, 0.1) is 26.4 Å². The molecule has 0 radical (unpaired) electrons. The Bertz CT molecular complexity index is 1840. The normalized spacial score (nSPS) is 29.3. The second kappa shape index (κ2) is 16.1. The molecule has 5 atom stereocenters. The number of aliphatic carboxylic acids is 1. The number of ether oxygens (including phenoxy) is 4. The number of pyridine rings is 1. The van der Waals surface area contributed by atoms with Crippen LogP contribution in [0.3, 0.4) is 0 Å². The lowest BCUT2D eigenvalue weighted by Gasteiger charge is -2.47. The quantitative estimate of drug-likeness (QED) is 0.187. The molecule has 1 saturated carbocycles. The maximum Gasteiger partial charge on any atom is 0.329 e. The third-order valence-electron chi connectivity index (χ3n) is 13.7. The molecule has 10 heteroatoms. The number of nitrogens with zero attached hydrogens (tertiary/aromatic N) is 2. The molecule has 0 bridgehead atoms. The Morgan fingerprint density at radius 2 is 1.89 bits per heavy atom. The fourth-order valence-corrected chi connectivity index (χ4v) is 10.9. The molecule has 296 valence electrons. The number of aromatic nitrogens is 1. The highest BCUT2D eigenvalue weighted by atomic mass is 35.5. The van der Waals surface area contributed by atoms with E-state index in [0.717, 1.165) is 74.7 Å². The number of likely N-dealkylation sites (tertiary alicyclic amines) is 1. The number of carboxylic acids is 1. The standard InChI is InChI=1S/C45H58ClN3O6/c1-29(25-53-39-12-17-47-38-11-4-7-30(2)42(38)39)19-33-20-32-21-40-41(55-27-31(26-54-40)24-49-18-6-10-36(49)28-52-3)23-37(32)44(33)13-15-45(16-14-44,43(50)51)48-35-9-5-8-34(46)22-35/h5,8-9,12,17,21-23,29-31,33,36,48H,4,6-7,10-11,13-16,18-20,24-28H2,1-3H3,(H,50,51)/t29-,30-,31?,33+,36+,44?,45?/m1/s1. The summed E-state index contributed by atoms with van der Waals surface area (Å²) < 4.78 is 25.3. The first-order valence-corrected chi connectivity index (χ1v) is 21.1. The minimum Gasteiger partial charge on any atom is -0.493 e. The summed E-state index contributed by atoms with van der Waals surface area (Å²) in [6.45, 7) is 9.25. The number of carbonyl (C=O) groups is 1. The van der Waals surface area contributed by atoms with E-state index in [0.29, 0.717) is 61.5 Å². The minimum atomic E-state index is -1.08.